The first-order chi connectivity index (χ1) is 12.1. The van der Waals surface area contributed by atoms with E-state index in [1.165, 1.54) is 11.1 Å². The molecule has 25 heavy (non-hydrogen) atoms. The fraction of sp³-hybridized carbons (Fsp3) is 0.455. The third kappa shape index (κ3) is 5.07. The first-order valence-corrected chi connectivity index (χ1v) is 9.10. The van der Waals surface area contributed by atoms with Gasteiger partial charge in [0.05, 0.1) is 19.3 Å². The minimum atomic E-state index is -0.0647. The molecule has 0 saturated carbocycles. The van der Waals surface area contributed by atoms with Crippen LogP contribution in [0.25, 0.3) is 0 Å². The van der Waals surface area contributed by atoms with Gasteiger partial charge in [-0.2, -0.15) is 0 Å². The summed E-state index contributed by atoms with van der Waals surface area (Å²) >= 11 is 0. The standard InChI is InChI=1S/C22H29NO2/c1-22(2)14-21(23-15-18-9-11-20(24-3)12-10-18)19(16-25-22)13-17-7-5-4-6-8-17/h4-12,19,21,23H,13-16H2,1-3H3/t19-,21-/m1/s1. The van der Waals surface area contributed by atoms with Crippen molar-refractivity contribution in [3.8, 4) is 5.75 Å². The number of hydrogen-bond acceptors (Lipinski definition) is 3. The van der Waals surface area contributed by atoms with Gasteiger partial charge in [0.25, 0.3) is 0 Å². The Morgan fingerprint density at radius 1 is 1.04 bits per heavy atom. The van der Waals surface area contributed by atoms with Gasteiger partial charge in [0.15, 0.2) is 0 Å². The Bertz CT molecular complexity index is 651. The minimum Gasteiger partial charge on any atom is -0.497 e. The van der Waals surface area contributed by atoms with Gasteiger partial charge in [-0.25, -0.2) is 0 Å². The molecule has 3 nitrogen and oxygen atoms in total. The molecule has 0 spiro atoms. The zero-order valence-electron chi connectivity index (χ0n) is 15.5. The highest BCUT2D eigenvalue weighted by molar-refractivity contribution is 5.27. The summed E-state index contributed by atoms with van der Waals surface area (Å²) in [6.07, 6.45) is 2.08. The van der Waals surface area contributed by atoms with Crippen molar-refractivity contribution in [1.29, 1.82) is 0 Å². The summed E-state index contributed by atoms with van der Waals surface area (Å²) in [5.41, 5.74) is 2.60. The monoisotopic (exact) mass is 339 g/mol. The highest BCUT2D eigenvalue weighted by Gasteiger charge is 2.35. The SMILES string of the molecule is COc1ccc(CN[C@@H]2CC(C)(C)OC[C@H]2Cc2ccccc2)cc1. The van der Waals surface area contributed by atoms with Gasteiger partial charge in [-0.3, -0.25) is 0 Å². The summed E-state index contributed by atoms with van der Waals surface area (Å²) in [5, 5.41) is 3.78. The average molecular weight is 339 g/mol. The molecule has 0 aliphatic carbocycles. The molecule has 1 fully saturated rings. The molecule has 1 aliphatic rings. The summed E-state index contributed by atoms with van der Waals surface area (Å²) in [6.45, 7) is 6.06. The highest BCUT2D eigenvalue weighted by Crippen LogP contribution is 2.30. The Kier molecular flexibility index (Phi) is 5.77. The molecule has 3 rings (SSSR count). The molecule has 1 aliphatic heterocycles. The summed E-state index contributed by atoms with van der Waals surface area (Å²) in [7, 11) is 1.70. The van der Waals surface area contributed by atoms with Gasteiger partial charge in [0.1, 0.15) is 5.75 Å². The van der Waals surface area contributed by atoms with Crippen molar-refractivity contribution in [1.82, 2.24) is 5.32 Å². The van der Waals surface area contributed by atoms with Gasteiger partial charge in [0.2, 0.25) is 0 Å². The number of benzene rings is 2. The van der Waals surface area contributed by atoms with E-state index >= 15 is 0 Å². The van der Waals surface area contributed by atoms with Crippen molar-refractivity contribution in [2.75, 3.05) is 13.7 Å². The number of nitrogens with one attached hydrogen (secondary N) is 1. The van der Waals surface area contributed by atoms with Crippen LogP contribution < -0.4 is 10.1 Å². The minimum absolute atomic E-state index is 0.0647. The second kappa shape index (κ2) is 8.03. The Labute approximate surface area is 151 Å². The third-order valence-corrected chi connectivity index (χ3v) is 5.04. The zero-order chi connectivity index (χ0) is 17.7. The third-order valence-electron chi connectivity index (χ3n) is 5.04. The first-order valence-electron chi connectivity index (χ1n) is 9.10. The maximum absolute atomic E-state index is 6.11. The molecule has 134 valence electrons. The van der Waals surface area contributed by atoms with E-state index in [4.69, 9.17) is 9.47 Å². The van der Waals surface area contributed by atoms with Crippen molar-refractivity contribution in [2.45, 2.75) is 44.9 Å². The van der Waals surface area contributed by atoms with E-state index in [9.17, 15) is 0 Å². The van der Waals surface area contributed by atoms with Crippen LogP contribution in [-0.4, -0.2) is 25.4 Å². The van der Waals surface area contributed by atoms with E-state index in [1.54, 1.807) is 7.11 Å². The Morgan fingerprint density at radius 2 is 1.76 bits per heavy atom. The molecule has 1 heterocycles. The Balaban J connectivity index is 1.65. The normalized spacial score (nSPS) is 22.5. The van der Waals surface area contributed by atoms with E-state index in [0.717, 1.165) is 31.7 Å². The van der Waals surface area contributed by atoms with Crippen molar-refractivity contribution in [3.63, 3.8) is 0 Å². The van der Waals surface area contributed by atoms with Crippen molar-refractivity contribution < 1.29 is 9.47 Å². The van der Waals surface area contributed by atoms with Gasteiger partial charge in [-0.15, -0.1) is 0 Å². The lowest BCUT2D eigenvalue weighted by molar-refractivity contribution is -0.0906. The van der Waals surface area contributed by atoms with E-state index < -0.39 is 0 Å². The van der Waals surface area contributed by atoms with Crippen LogP contribution >= 0.6 is 0 Å². The molecule has 2 atom stereocenters. The molecular weight excluding hydrogens is 310 g/mol. The lowest BCUT2D eigenvalue weighted by Crippen LogP contribution is -2.50. The maximum Gasteiger partial charge on any atom is 0.118 e. The van der Waals surface area contributed by atoms with Gasteiger partial charge in [-0.1, -0.05) is 42.5 Å². The average Bonchev–Trinajstić information content (AvgIpc) is 2.63. The van der Waals surface area contributed by atoms with E-state index in [-0.39, 0.29) is 5.60 Å². The number of rotatable bonds is 6. The number of methoxy groups -OCH3 is 1. The summed E-state index contributed by atoms with van der Waals surface area (Å²) < 4.78 is 11.3. The summed E-state index contributed by atoms with van der Waals surface area (Å²) in [5.74, 6) is 1.39. The van der Waals surface area contributed by atoms with Crippen LogP contribution in [0.5, 0.6) is 5.75 Å². The topological polar surface area (TPSA) is 30.5 Å². The van der Waals surface area contributed by atoms with Gasteiger partial charge in [0, 0.05) is 18.5 Å². The molecule has 0 aromatic heterocycles. The van der Waals surface area contributed by atoms with Gasteiger partial charge in [-0.05, 0) is 49.9 Å². The predicted molar refractivity (Wildman–Crippen MR) is 102 cm³/mol. The number of hydrogen-bond donors (Lipinski definition) is 1. The van der Waals surface area contributed by atoms with Crippen LogP contribution in [0.2, 0.25) is 0 Å². The molecule has 0 bridgehead atoms. The lowest BCUT2D eigenvalue weighted by atomic mass is 9.83. The van der Waals surface area contributed by atoms with Crippen LogP contribution in [0, 0.1) is 5.92 Å². The highest BCUT2D eigenvalue weighted by atomic mass is 16.5. The quantitative estimate of drug-likeness (QED) is 0.855. The van der Waals surface area contributed by atoms with Crippen molar-refractivity contribution in [2.24, 2.45) is 5.92 Å². The fourth-order valence-electron chi connectivity index (χ4n) is 3.55. The predicted octanol–water partition coefficient (Wildman–Crippen LogP) is 4.21. The molecule has 2 aromatic carbocycles. The van der Waals surface area contributed by atoms with Crippen LogP contribution in [0.1, 0.15) is 31.4 Å². The molecule has 0 amide bonds. The van der Waals surface area contributed by atoms with E-state index in [1.807, 2.05) is 12.1 Å². The first kappa shape index (κ1) is 18.0. The lowest BCUT2D eigenvalue weighted by Gasteiger charge is -2.41. The van der Waals surface area contributed by atoms with E-state index in [2.05, 4.69) is 61.6 Å². The van der Waals surface area contributed by atoms with Crippen LogP contribution in [0.3, 0.4) is 0 Å². The van der Waals surface area contributed by atoms with Crippen LogP contribution in [0.15, 0.2) is 54.6 Å². The largest absolute Gasteiger partial charge is 0.497 e. The van der Waals surface area contributed by atoms with Crippen molar-refractivity contribution >= 4 is 0 Å². The van der Waals surface area contributed by atoms with Gasteiger partial charge < -0.3 is 14.8 Å². The summed E-state index contributed by atoms with van der Waals surface area (Å²) in [4.78, 5) is 0. The second-order valence-corrected chi connectivity index (χ2v) is 7.56. The molecule has 0 unspecified atom stereocenters. The molecule has 2 aromatic rings. The Morgan fingerprint density at radius 3 is 2.44 bits per heavy atom. The fourth-order valence-corrected chi connectivity index (χ4v) is 3.55. The Hall–Kier alpha value is -1.84. The van der Waals surface area contributed by atoms with Gasteiger partial charge >= 0.3 is 0 Å². The summed E-state index contributed by atoms with van der Waals surface area (Å²) in [6, 6.07) is 19.5. The number of ether oxygens (including phenoxy) is 2. The smallest absolute Gasteiger partial charge is 0.118 e. The molecule has 3 heteroatoms. The van der Waals surface area contributed by atoms with Crippen molar-refractivity contribution in [3.05, 3.63) is 65.7 Å². The van der Waals surface area contributed by atoms with Crippen LogP contribution in [-0.2, 0) is 17.7 Å². The molecular formula is C22H29NO2. The maximum atomic E-state index is 6.11. The zero-order valence-corrected chi connectivity index (χ0v) is 15.5. The molecule has 1 N–H and O–H groups in total. The second-order valence-electron chi connectivity index (χ2n) is 7.56. The van der Waals surface area contributed by atoms with Crippen LogP contribution in [0.4, 0.5) is 0 Å². The van der Waals surface area contributed by atoms with E-state index in [0.29, 0.717) is 12.0 Å². The molecule has 0 radical (unpaired) electrons. The molecule has 1 saturated heterocycles.